The maximum absolute atomic E-state index is 12.4. The molecule has 0 aliphatic carbocycles. The summed E-state index contributed by atoms with van der Waals surface area (Å²) in [5.74, 6) is -1.65. The van der Waals surface area contributed by atoms with Gasteiger partial charge in [-0.25, -0.2) is 9.59 Å². The third-order valence-corrected chi connectivity index (χ3v) is 2.83. The lowest BCUT2D eigenvalue weighted by atomic mass is 10.2. The first-order valence-corrected chi connectivity index (χ1v) is 7.99. The van der Waals surface area contributed by atoms with Crippen molar-refractivity contribution in [3.8, 4) is 11.5 Å². The number of esters is 1. The van der Waals surface area contributed by atoms with Crippen molar-refractivity contribution >= 4 is 24.0 Å². The van der Waals surface area contributed by atoms with Crippen LogP contribution in [0.2, 0.25) is 0 Å². The van der Waals surface area contributed by atoms with Gasteiger partial charge in [0.25, 0.3) is 5.91 Å². The van der Waals surface area contributed by atoms with Gasteiger partial charge >= 0.3 is 18.6 Å². The van der Waals surface area contributed by atoms with Crippen molar-refractivity contribution in [2.45, 2.75) is 20.5 Å². The molecule has 1 rings (SSSR count). The fourth-order valence-corrected chi connectivity index (χ4v) is 1.81. The Morgan fingerprint density at radius 2 is 1.93 bits per heavy atom. The van der Waals surface area contributed by atoms with Gasteiger partial charge in [-0.15, -0.1) is 0 Å². The number of carbonyl (C=O) groups excluding carboxylic acids is 3. The van der Waals surface area contributed by atoms with Crippen LogP contribution >= 0.6 is 0 Å². The highest BCUT2D eigenvalue weighted by atomic mass is 19.3. The van der Waals surface area contributed by atoms with Crippen LogP contribution in [0.5, 0.6) is 11.5 Å². The van der Waals surface area contributed by atoms with E-state index in [4.69, 9.17) is 4.74 Å². The minimum Gasteiger partial charge on any atom is -0.490 e. The number of halogens is 2. The minimum absolute atomic E-state index is 0.0923. The summed E-state index contributed by atoms with van der Waals surface area (Å²) < 4.78 is 39.0. The first kappa shape index (κ1) is 21.9. The third kappa shape index (κ3) is 8.66. The highest BCUT2D eigenvalue weighted by Crippen LogP contribution is 2.30. The second-order valence-electron chi connectivity index (χ2n) is 4.87. The van der Waals surface area contributed by atoms with Gasteiger partial charge < -0.3 is 19.5 Å². The molecule has 0 radical (unpaired) electrons. The van der Waals surface area contributed by atoms with E-state index in [1.54, 1.807) is 13.8 Å². The molecular formula is C17H20F2N2O6. The molecule has 0 aliphatic rings. The molecule has 148 valence electrons. The summed E-state index contributed by atoms with van der Waals surface area (Å²) in [7, 11) is 0. The lowest BCUT2D eigenvalue weighted by molar-refractivity contribution is -0.143. The molecule has 0 unspecified atom stereocenters. The maximum Gasteiger partial charge on any atom is 0.387 e. The SMILES string of the molecule is CCNC(=O)NC(=O)COC(=O)/C=C/c1ccc(OC(F)F)c(OCC)c1. The number of amides is 3. The lowest BCUT2D eigenvalue weighted by Crippen LogP contribution is -2.41. The predicted molar refractivity (Wildman–Crippen MR) is 91.5 cm³/mol. The van der Waals surface area contributed by atoms with E-state index in [2.05, 4.69) is 14.8 Å². The number of rotatable bonds is 9. The third-order valence-electron chi connectivity index (χ3n) is 2.83. The van der Waals surface area contributed by atoms with E-state index < -0.39 is 31.1 Å². The maximum atomic E-state index is 12.4. The van der Waals surface area contributed by atoms with Crippen LogP contribution in [0.25, 0.3) is 6.08 Å². The van der Waals surface area contributed by atoms with Crippen molar-refractivity contribution in [1.82, 2.24) is 10.6 Å². The predicted octanol–water partition coefficient (Wildman–Crippen LogP) is 2.09. The fourth-order valence-electron chi connectivity index (χ4n) is 1.81. The van der Waals surface area contributed by atoms with Crippen molar-refractivity contribution in [2.75, 3.05) is 19.8 Å². The molecule has 0 spiro atoms. The van der Waals surface area contributed by atoms with Gasteiger partial charge in [0.2, 0.25) is 0 Å². The number of hydrogen-bond donors (Lipinski definition) is 2. The Kier molecular flexibility index (Phi) is 9.27. The van der Waals surface area contributed by atoms with Gasteiger partial charge in [0, 0.05) is 12.6 Å². The minimum atomic E-state index is -2.99. The van der Waals surface area contributed by atoms with E-state index in [9.17, 15) is 23.2 Å². The van der Waals surface area contributed by atoms with Crippen LogP contribution < -0.4 is 20.1 Å². The molecule has 27 heavy (non-hydrogen) atoms. The average molecular weight is 386 g/mol. The lowest BCUT2D eigenvalue weighted by Gasteiger charge is -2.11. The molecule has 0 aromatic heterocycles. The Hall–Kier alpha value is -3.17. The van der Waals surface area contributed by atoms with Crippen molar-refractivity contribution in [1.29, 1.82) is 0 Å². The van der Waals surface area contributed by atoms with Gasteiger partial charge in [0.1, 0.15) is 0 Å². The average Bonchev–Trinajstić information content (AvgIpc) is 2.60. The molecule has 1 aromatic rings. The van der Waals surface area contributed by atoms with E-state index in [0.29, 0.717) is 12.1 Å². The highest BCUT2D eigenvalue weighted by molar-refractivity contribution is 5.96. The number of benzene rings is 1. The Morgan fingerprint density at radius 1 is 1.19 bits per heavy atom. The molecular weight excluding hydrogens is 366 g/mol. The number of ether oxygens (including phenoxy) is 3. The van der Waals surface area contributed by atoms with Crippen molar-refractivity contribution in [3.05, 3.63) is 29.8 Å². The van der Waals surface area contributed by atoms with Crippen LogP contribution in [0.15, 0.2) is 24.3 Å². The normalized spacial score (nSPS) is 10.6. The number of hydrogen-bond acceptors (Lipinski definition) is 6. The van der Waals surface area contributed by atoms with E-state index in [0.717, 1.165) is 6.08 Å². The molecule has 0 saturated heterocycles. The van der Waals surface area contributed by atoms with Gasteiger partial charge in [-0.3, -0.25) is 10.1 Å². The molecule has 2 N–H and O–H groups in total. The largest absolute Gasteiger partial charge is 0.490 e. The second-order valence-corrected chi connectivity index (χ2v) is 4.87. The molecule has 0 fully saturated rings. The number of urea groups is 1. The van der Waals surface area contributed by atoms with Crippen LogP contribution in [0.3, 0.4) is 0 Å². The Balaban J connectivity index is 2.62. The molecule has 0 heterocycles. The Bertz CT molecular complexity index is 694. The second kappa shape index (κ2) is 11.4. The fraction of sp³-hybridized carbons (Fsp3) is 0.353. The molecule has 10 heteroatoms. The standard InChI is InChI=1S/C17H20F2N2O6/c1-3-20-17(24)21-14(22)10-26-15(23)8-6-11-5-7-12(27-16(18)19)13(9-11)25-4-2/h5-9,16H,3-4,10H2,1-2H3,(H2,20,21,22,24)/b8-6+. The van der Waals surface area contributed by atoms with E-state index in [-0.39, 0.29) is 18.1 Å². The molecule has 0 bridgehead atoms. The summed E-state index contributed by atoms with van der Waals surface area (Å²) in [6.45, 7) is 0.301. The van der Waals surface area contributed by atoms with Crippen LogP contribution in [0.4, 0.5) is 13.6 Å². The summed E-state index contributed by atoms with van der Waals surface area (Å²) in [6.07, 6.45) is 2.39. The van der Waals surface area contributed by atoms with Crippen LogP contribution in [0, 0.1) is 0 Å². The first-order chi connectivity index (χ1) is 12.8. The number of carbonyl (C=O) groups is 3. The summed E-state index contributed by atoms with van der Waals surface area (Å²) in [5.41, 5.74) is 0.462. The van der Waals surface area contributed by atoms with Crippen molar-refractivity contribution < 1.29 is 37.4 Å². The molecule has 0 atom stereocenters. The van der Waals surface area contributed by atoms with Crippen molar-refractivity contribution in [2.24, 2.45) is 0 Å². The first-order valence-electron chi connectivity index (χ1n) is 7.99. The zero-order chi connectivity index (χ0) is 20.2. The molecule has 0 aliphatic heterocycles. The molecule has 8 nitrogen and oxygen atoms in total. The molecule has 3 amide bonds. The van der Waals surface area contributed by atoms with Crippen LogP contribution in [-0.4, -0.2) is 44.3 Å². The number of alkyl halides is 2. The Labute approximate surface area is 154 Å². The zero-order valence-corrected chi connectivity index (χ0v) is 14.8. The topological polar surface area (TPSA) is 103 Å². The number of nitrogens with one attached hydrogen (secondary N) is 2. The highest BCUT2D eigenvalue weighted by Gasteiger charge is 2.12. The van der Waals surface area contributed by atoms with Gasteiger partial charge in [0.15, 0.2) is 18.1 Å². The zero-order valence-electron chi connectivity index (χ0n) is 14.8. The van der Waals surface area contributed by atoms with E-state index >= 15 is 0 Å². The van der Waals surface area contributed by atoms with Gasteiger partial charge in [0.05, 0.1) is 6.61 Å². The molecule has 0 saturated carbocycles. The van der Waals surface area contributed by atoms with Crippen LogP contribution in [0.1, 0.15) is 19.4 Å². The van der Waals surface area contributed by atoms with E-state index in [1.165, 1.54) is 24.3 Å². The van der Waals surface area contributed by atoms with Gasteiger partial charge in [-0.05, 0) is 37.6 Å². The van der Waals surface area contributed by atoms with Crippen LogP contribution in [-0.2, 0) is 14.3 Å². The summed E-state index contributed by atoms with van der Waals surface area (Å²) in [6, 6.07) is 3.43. The monoisotopic (exact) mass is 386 g/mol. The van der Waals surface area contributed by atoms with Gasteiger partial charge in [-0.1, -0.05) is 6.07 Å². The van der Waals surface area contributed by atoms with E-state index in [1.807, 2.05) is 5.32 Å². The Morgan fingerprint density at radius 3 is 2.56 bits per heavy atom. The molecule has 1 aromatic carbocycles. The van der Waals surface area contributed by atoms with Gasteiger partial charge in [-0.2, -0.15) is 8.78 Å². The number of imide groups is 1. The summed E-state index contributed by atoms with van der Waals surface area (Å²) in [4.78, 5) is 34.1. The van der Waals surface area contributed by atoms with Crippen molar-refractivity contribution in [3.63, 3.8) is 0 Å². The summed E-state index contributed by atoms with van der Waals surface area (Å²) >= 11 is 0. The quantitative estimate of drug-likeness (QED) is 0.498. The summed E-state index contributed by atoms with van der Waals surface area (Å²) in [5, 5.41) is 4.32. The smallest absolute Gasteiger partial charge is 0.387 e.